The molecule has 176 valence electrons. The monoisotopic (exact) mass is 498 g/mol. The first-order valence-electron chi connectivity index (χ1n) is 10.8. The molecule has 0 amide bonds. The van der Waals surface area contributed by atoms with Crippen molar-refractivity contribution < 1.29 is 17.6 Å². The number of carbonyl (C=O) groups is 1. The van der Waals surface area contributed by atoms with E-state index in [1.54, 1.807) is 0 Å². The summed E-state index contributed by atoms with van der Waals surface area (Å²) in [6.45, 7) is 1.45. The van der Waals surface area contributed by atoms with Gasteiger partial charge in [0.2, 0.25) is 10.0 Å². The average molecular weight is 499 g/mol. The lowest BCUT2D eigenvalue weighted by Gasteiger charge is -2.21. The van der Waals surface area contributed by atoms with Gasteiger partial charge >= 0.3 is 0 Å². The number of ketones is 1. The molecule has 10 heteroatoms. The van der Waals surface area contributed by atoms with E-state index >= 15 is 0 Å². The standard InChI is InChI=1S/C24H23FN4O3S2/c25-19-7-9-20(10-8-19)34(31,32)29-12-4-11-28(13-14-29)16-23(30)21(15-26)24-27-22(17-33-24)18-5-2-1-3-6-18/h1-3,5-10,17,21H,4,11-14,16H2/t21-/m1/s1. The topological polar surface area (TPSA) is 94.4 Å². The second-order valence-corrected chi connectivity index (χ2v) is 10.8. The molecule has 3 aromatic rings. The summed E-state index contributed by atoms with van der Waals surface area (Å²) in [6, 6.07) is 16.4. The van der Waals surface area contributed by atoms with Gasteiger partial charge in [0.05, 0.1) is 23.2 Å². The molecule has 2 aromatic carbocycles. The number of hydrogen-bond donors (Lipinski definition) is 0. The third kappa shape index (κ3) is 5.39. The molecular formula is C24H23FN4O3S2. The third-order valence-electron chi connectivity index (χ3n) is 5.67. The molecule has 0 N–H and O–H groups in total. The van der Waals surface area contributed by atoms with Gasteiger partial charge in [-0.25, -0.2) is 17.8 Å². The van der Waals surface area contributed by atoms with Crippen LogP contribution < -0.4 is 0 Å². The van der Waals surface area contributed by atoms with Crippen molar-refractivity contribution in [3.8, 4) is 17.3 Å². The lowest BCUT2D eigenvalue weighted by molar-refractivity contribution is -0.120. The number of benzene rings is 2. The predicted molar refractivity (Wildman–Crippen MR) is 127 cm³/mol. The molecule has 2 heterocycles. The van der Waals surface area contributed by atoms with Crippen LogP contribution in [0.5, 0.6) is 0 Å². The minimum Gasteiger partial charge on any atom is -0.296 e. The Kier molecular flexibility index (Phi) is 7.48. The maximum absolute atomic E-state index is 13.2. The van der Waals surface area contributed by atoms with Gasteiger partial charge in [-0.05, 0) is 37.2 Å². The van der Waals surface area contributed by atoms with Crippen LogP contribution in [0.25, 0.3) is 11.3 Å². The Morgan fingerprint density at radius 1 is 1.09 bits per heavy atom. The van der Waals surface area contributed by atoms with E-state index in [9.17, 15) is 22.9 Å². The Morgan fingerprint density at radius 3 is 2.53 bits per heavy atom. The SMILES string of the molecule is N#C[C@H](C(=O)CN1CCCN(S(=O)(=O)c2ccc(F)cc2)CC1)c1nc(-c2ccccc2)cs1. The van der Waals surface area contributed by atoms with Crippen LogP contribution >= 0.6 is 11.3 Å². The van der Waals surface area contributed by atoms with E-state index in [-0.39, 0.29) is 23.8 Å². The number of rotatable bonds is 7. The molecular weight excluding hydrogens is 475 g/mol. The molecule has 0 aliphatic carbocycles. The maximum Gasteiger partial charge on any atom is 0.243 e. The maximum atomic E-state index is 13.2. The zero-order valence-electron chi connectivity index (χ0n) is 18.3. The highest BCUT2D eigenvalue weighted by Gasteiger charge is 2.30. The predicted octanol–water partition coefficient (Wildman–Crippen LogP) is 3.52. The Hall–Kier alpha value is -2.97. The van der Waals surface area contributed by atoms with E-state index < -0.39 is 21.8 Å². The zero-order chi connectivity index (χ0) is 24.1. The minimum atomic E-state index is -3.75. The Balaban J connectivity index is 1.40. The van der Waals surface area contributed by atoms with Gasteiger partial charge < -0.3 is 0 Å². The number of nitriles is 1. The molecule has 1 aliphatic rings. The van der Waals surface area contributed by atoms with Crippen molar-refractivity contribution in [3.63, 3.8) is 0 Å². The molecule has 34 heavy (non-hydrogen) atoms. The lowest BCUT2D eigenvalue weighted by atomic mass is 10.1. The molecule has 0 saturated carbocycles. The summed E-state index contributed by atoms with van der Waals surface area (Å²) in [7, 11) is -3.75. The molecule has 1 aliphatic heterocycles. The molecule has 1 aromatic heterocycles. The summed E-state index contributed by atoms with van der Waals surface area (Å²) in [5.74, 6) is -1.72. The van der Waals surface area contributed by atoms with Crippen LogP contribution in [0.4, 0.5) is 4.39 Å². The first-order valence-corrected chi connectivity index (χ1v) is 13.1. The Labute approximate surface area is 202 Å². The average Bonchev–Trinajstić information content (AvgIpc) is 3.19. The van der Waals surface area contributed by atoms with Crippen LogP contribution in [0, 0.1) is 17.1 Å². The number of Topliss-reactive ketones (excluding diaryl/α,β-unsaturated/α-hetero) is 1. The summed E-state index contributed by atoms with van der Waals surface area (Å²) in [6.07, 6.45) is 0.542. The number of aromatic nitrogens is 1. The summed E-state index contributed by atoms with van der Waals surface area (Å²) in [5, 5.41) is 12.0. The van der Waals surface area contributed by atoms with Gasteiger partial charge in [0.15, 0.2) is 11.7 Å². The first kappa shape index (κ1) is 24.2. The molecule has 0 spiro atoms. The highest BCUT2D eigenvalue weighted by molar-refractivity contribution is 7.89. The van der Waals surface area contributed by atoms with E-state index in [4.69, 9.17) is 0 Å². The van der Waals surface area contributed by atoms with Crippen LogP contribution in [-0.2, 0) is 14.8 Å². The lowest BCUT2D eigenvalue weighted by Crippen LogP contribution is -2.37. The van der Waals surface area contributed by atoms with Crippen LogP contribution in [-0.4, -0.2) is 61.1 Å². The van der Waals surface area contributed by atoms with Gasteiger partial charge in [0, 0.05) is 30.6 Å². The second-order valence-electron chi connectivity index (χ2n) is 7.95. The highest BCUT2D eigenvalue weighted by atomic mass is 32.2. The second kappa shape index (κ2) is 10.5. The third-order valence-corrected chi connectivity index (χ3v) is 8.49. The number of thiazole rings is 1. The van der Waals surface area contributed by atoms with Crippen molar-refractivity contribution in [3.05, 3.63) is 70.8 Å². The largest absolute Gasteiger partial charge is 0.296 e. The number of sulfonamides is 1. The molecule has 0 unspecified atom stereocenters. The smallest absolute Gasteiger partial charge is 0.243 e. The van der Waals surface area contributed by atoms with Gasteiger partial charge in [0.1, 0.15) is 10.8 Å². The zero-order valence-corrected chi connectivity index (χ0v) is 19.9. The van der Waals surface area contributed by atoms with E-state index in [1.165, 1.54) is 27.8 Å². The molecule has 1 atom stereocenters. The fraction of sp³-hybridized carbons (Fsp3) is 0.292. The highest BCUT2D eigenvalue weighted by Crippen LogP contribution is 2.27. The van der Waals surface area contributed by atoms with Crippen LogP contribution in [0.15, 0.2) is 64.9 Å². The van der Waals surface area contributed by atoms with Gasteiger partial charge in [-0.3, -0.25) is 9.69 Å². The Morgan fingerprint density at radius 2 is 1.82 bits per heavy atom. The van der Waals surface area contributed by atoms with Crippen LogP contribution in [0.1, 0.15) is 17.3 Å². The fourth-order valence-corrected chi connectivity index (χ4v) is 6.20. The normalized spacial score (nSPS) is 16.5. The van der Waals surface area contributed by atoms with Crippen molar-refractivity contribution in [1.29, 1.82) is 5.26 Å². The van der Waals surface area contributed by atoms with E-state index in [2.05, 4.69) is 11.1 Å². The van der Waals surface area contributed by atoms with Crippen molar-refractivity contribution in [2.75, 3.05) is 32.7 Å². The van der Waals surface area contributed by atoms with Crippen molar-refractivity contribution >= 4 is 27.1 Å². The van der Waals surface area contributed by atoms with Gasteiger partial charge in [-0.2, -0.15) is 9.57 Å². The van der Waals surface area contributed by atoms with Gasteiger partial charge in [-0.15, -0.1) is 11.3 Å². The number of nitrogens with zero attached hydrogens (tertiary/aromatic N) is 4. The van der Waals surface area contributed by atoms with Crippen molar-refractivity contribution in [1.82, 2.24) is 14.2 Å². The molecule has 1 fully saturated rings. The quantitative estimate of drug-likeness (QED) is 0.495. The van der Waals surface area contributed by atoms with Crippen LogP contribution in [0.2, 0.25) is 0 Å². The van der Waals surface area contributed by atoms with Crippen LogP contribution in [0.3, 0.4) is 0 Å². The summed E-state index contributed by atoms with van der Waals surface area (Å²) >= 11 is 1.29. The Bertz CT molecular complexity index is 1290. The van der Waals surface area contributed by atoms with E-state index in [1.807, 2.05) is 40.6 Å². The summed E-state index contributed by atoms with van der Waals surface area (Å²) in [5.41, 5.74) is 1.65. The first-order chi connectivity index (χ1) is 16.4. The van der Waals surface area contributed by atoms with Gasteiger partial charge in [-0.1, -0.05) is 30.3 Å². The number of halogens is 1. The molecule has 1 saturated heterocycles. The summed E-state index contributed by atoms with van der Waals surface area (Å²) in [4.78, 5) is 19.4. The summed E-state index contributed by atoms with van der Waals surface area (Å²) < 4.78 is 40.4. The molecule has 4 rings (SSSR count). The fourth-order valence-electron chi connectivity index (χ4n) is 3.84. The minimum absolute atomic E-state index is 0.0426. The van der Waals surface area contributed by atoms with E-state index in [0.717, 1.165) is 23.4 Å². The molecule has 0 bridgehead atoms. The van der Waals surface area contributed by atoms with Crippen molar-refractivity contribution in [2.45, 2.75) is 17.2 Å². The van der Waals surface area contributed by atoms with E-state index in [0.29, 0.717) is 31.1 Å². The number of hydrogen-bond acceptors (Lipinski definition) is 7. The van der Waals surface area contributed by atoms with Crippen molar-refractivity contribution in [2.24, 2.45) is 0 Å². The van der Waals surface area contributed by atoms with Gasteiger partial charge in [0.25, 0.3) is 0 Å². The molecule has 0 radical (unpaired) electrons. The number of carbonyl (C=O) groups excluding carboxylic acids is 1. The molecule has 7 nitrogen and oxygen atoms in total.